The summed E-state index contributed by atoms with van der Waals surface area (Å²) in [4.78, 5) is 20.5. The fourth-order valence-electron chi connectivity index (χ4n) is 3.98. The molecule has 5 heteroatoms. The SMILES string of the molecule is O=C(NCc1cccc(F)c1)[C@H]1CC[C@H](Cc2nc3ccccc3[nH]2)CC1. The molecule has 1 amide bonds. The van der Waals surface area contributed by atoms with Gasteiger partial charge in [0.15, 0.2) is 0 Å². The van der Waals surface area contributed by atoms with E-state index in [0.717, 1.165) is 54.5 Å². The van der Waals surface area contributed by atoms with E-state index in [1.54, 1.807) is 6.07 Å². The molecule has 0 bridgehead atoms. The molecule has 4 rings (SSSR count). The molecule has 3 aromatic rings. The maximum atomic E-state index is 13.2. The molecule has 1 aliphatic carbocycles. The van der Waals surface area contributed by atoms with Crippen molar-refractivity contribution in [2.45, 2.75) is 38.6 Å². The van der Waals surface area contributed by atoms with Crippen molar-refractivity contribution in [1.82, 2.24) is 15.3 Å². The maximum absolute atomic E-state index is 13.2. The van der Waals surface area contributed by atoms with E-state index < -0.39 is 0 Å². The Balaban J connectivity index is 1.26. The number of aromatic amines is 1. The number of nitrogens with zero attached hydrogens (tertiary/aromatic N) is 1. The highest BCUT2D eigenvalue weighted by Gasteiger charge is 2.26. The fraction of sp³-hybridized carbons (Fsp3) is 0.364. The minimum atomic E-state index is -0.271. The Kier molecular flexibility index (Phi) is 5.19. The van der Waals surface area contributed by atoms with Gasteiger partial charge in [-0.1, -0.05) is 24.3 Å². The minimum Gasteiger partial charge on any atom is -0.352 e. The molecule has 140 valence electrons. The predicted octanol–water partition coefficient (Wildman–Crippen LogP) is 4.37. The zero-order chi connectivity index (χ0) is 18.6. The molecule has 1 heterocycles. The number of fused-ring (bicyclic) bond motifs is 1. The zero-order valence-electron chi connectivity index (χ0n) is 15.2. The first kappa shape index (κ1) is 17.7. The minimum absolute atomic E-state index is 0.0606. The third-order valence-electron chi connectivity index (χ3n) is 5.49. The van der Waals surface area contributed by atoms with Crippen molar-refractivity contribution in [2.75, 3.05) is 0 Å². The van der Waals surface area contributed by atoms with E-state index in [0.29, 0.717) is 12.5 Å². The lowest BCUT2D eigenvalue weighted by Crippen LogP contribution is -2.33. The fourth-order valence-corrected chi connectivity index (χ4v) is 3.98. The van der Waals surface area contributed by atoms with Gasteiger partial charge in [-0.25, -0.2) is 9.37 Å². The highest BCUT2D eigenvalue weighted by molar-refractivity contribution is 5.78. The standard InChI is InChI=1S/C22H24FN3O/c23-18-5-3-4-16(12-18)14-24-22(27)17-10-8-15(9-11-17)13-21-25-19-6-1-2-7-20(19)26-21/h1-7,12,15,17H,8-11,13-14H2,(H,24,27)(H,25,26)/t15-,17-. The summed E-state index contributed by atoms with van der Waals surface area (Å²) in [7, 11) is 0. The normalized spacial score (nSPS) is 19.9. The lowest BCUT2D eigenvalue weighted by molar-refractivity contribution is -0.126. The number of hydrogen-bond acceptors (Lipinski definition) is 2. The second-order valence-electron chi connectivity index (χ2n) is 7.47. The van der Waals surface area contributed by atoms with Crippen molar-refractivity contribution in [3.8, 4) is 0 Å². The van der Waals surface area contributed by atoms with Gasteiger partial charge in [-0.3, -0.25) is 4.79 Å². The van der Waals surface area contributed by atoms with E-state index in [-0.39, 0.29) is 17.6 Å². The number of H-pyrrole nitrogens is 1. The largest absolute Gasteiger partial charge is 0.352 e. The van der Waals surface area contributed by atoms with Crippen molar-refractivity contribution < 1.29 is 9.18 Å². The summed E-state index contributed by atoms with van der Waals surface area (Å²) in [6.07, 6.45) is 4.82. The molecule has 0 saturated heterocycles. The number of aromatic nitrogens is 2. The van der Waals surface area contributed by atoms with Crippen LogP contribution in [0, 0.1) is 17.7 Å². The number of nitrogens with one attached hydrogen (secondary N) is 2. The van der Waals surface area contributed by atoms with Gasteiger partial charge in [-0.2, -0.15) is 0 Å². The lowest BCUT2D eigenvalue weighted by Gasteiger charge is -2.27. The lowest BCUT2D eigenvalue weighted by atomic mass is 9.80. The monoisotopic (exact) mass is 365 g/mol. The Morgan fingerprint density at radius 2 is 1.93 bits per heavy atom. The molecule has 27 heavy (non-hydrogen) atoms. The first-order valence-corrected chi connectivity index (χ1v) is 9.63. The molecule has 1 fully saturated rings. The predicted molar refractivity (Wildman–Crippen MR) is 103 cm³/mol. The van der Waals surface area contributed by atoms with E-state index in [2.05, 4.69) is 15.3 Å². The van der Waals surface area contributed by atoms with Gasteiger partial charge in [0.05, 0.1) is 11.0 Å². The summed E-state index contributed by atoms with van der Waals surface area (Å²) < 4.78 is 13.2. The molecule has 0 unspecified atom stereocenters. The molecule has 1 aromatic heterocycles. The van der Waals surface area contributed by atoms with Gasteiger partial charge in [0.2, 0.25) is 5.91 Å². The summed E-state index contributed by atoms with van der Waals surface area (Å²) in [5.41, 5.74) is 2.89. The maximum Gasteiger partial charge on any atom is 0.223 e. The van der Waals surface area contributed by atoms with Crippen molar-refractivity contribution >= 4 is 16.9 Å². The van der Waals surface area contributed by atoms with Crippen LogP contribution in [0.3, 0.4) is 0 Å². The molecule has 0 atom stereocenters. The number of para-hydroxylation sites is 2. The quantitative estimate of drug-likeness (QED) is 0.705. The molecule has 0 spiro atoms. The summed E-state index contributed by atoms with van der Waals surface area (Å²) in [5, 5.41) is 2.95. The van der Waals surface area contributed by atoms with Gasteiger partial charge in [0.1, 0.15) is 11.6 Å². The average molecular weight is 365 g/mol. The first-order valence-electron chi connectivity index (χ1n) is 9.63. The van der Waals surface area contributed by atoms with Gasteiger partial charge in [0.25, 0.3) is 0 Å². The number of hydrogen-bond donors (Lipinski definition) is 2. The van der Waals surface area contributed by atoms with Crippen molar-refractivity contribution in [3.05, 3.63) is 65.7 Å². The summed E-state index contributed by atoms with van der Waals surface area (Å²) in [6, 6.07) is 14.5. The highest BCUT2D eigenvalue weighted by atomic mass is 19.1. The van der Waals surface area contributed by atoms with Crippen LogP contribution in [0.4, 0.5) is 4.39 Å². The van der Waals surface area contributed by atoms with Crippen LogP contribution < -0.4 is 5.32 Å². The van der Waals surface area contributed by atoms with Crippen LogP contribution in [0.5, 0.6) is 0 Å². The second-order valence-corrected chi connectivity index (χ2v) is 7.47. The van der Waals surface area contributed by atoms with Crippen LogP contribution in [-0.4, -0.2) is 15.9 Å². The van der Waals surface area contributed by atoms with E-state index in [1.807, 2.05) is 30.3 Å². The molecular weight excluding hydrogens is 341 g/mol. The number of carbonyl (C=O) groups excluding carboxylic acids is 1. The van der Waals surface area contributed by atoms with Crippen LogP contribution >= 0.6 is 0 Å². The van der Waals surface area contributed by atoms with E-state index in [4.69, 9.17) is 0 Å². The van der Waals surface area contributed by atoms with Crippen molar-refractivity contribution in [1.29, 1.82) is 0 Å². The number of rotatable bonds is 5. The molecule has 0 radical (unpaired) electrons. The van der Waals surface area contributed by atoms with Crippen LogP contribution in [0.25, 0.3) is 11.0 Å². The van der Waals surface area contributed by atoms with E-state index >= 15 is 0 Å². The van der Waals surface area contributed by atoms with Crippen LogP contribution in [0.2, 0.25) is 0 Å². The summed E-state index contributed by atoms with van der Waals surface area (Å²) >= 11 is 0. The molecule has 2 aromatic carbocycles. The van der Waals surface area contributed by atoms with Crippen LogP contribution in [0.15, 0.2) is 48.5 Å². The number of carbonyl (C=O) groups is 1. The van der Waals surface area contributed by atoms with E-state index in [1.165, 1.54) is 12.1 Å². The van der Waals surface area contributed by atoms with Crippen LogP contribution in [0.1, 0.15) is 37.1 Å². The molecular formula is C22H24FN3O. The van der Waals surface area contributed by atoms with Crippen molar-refractivity contribution in [3.63, 3.8) is 0 Å². The van der Waals surface area contributed by atoms with Gasteiger partial charge in [0, 0.05) is 18.9 Å². The Labute approximate surface area is 158 Å². The van der Waals surface area contributed by atoms with Gasteiger partial charge in [-0.05, 0) is 61.4 Å². The second kappa shape index (κ2) is 7.91. The van der Waals surface area contributed by atoms with E-state index in [9.17, 15) is 9.18 Å². The van der Waals surface area contributed by atoms with Crippen LogP contribution in [-0.2, 0) is 17.8 Å². The third-order valence-corrected chi connectivity index (χ3v) is 5.49. The Bertz CT molecular complexity index is 895. The Hall–Kier alpha value is -2.69. The number of imidazole rings is 1. The molecule has 0 aliphatic heterocycles. The van der Waals surface area contributed by atoms with Gasteiger partial charge >= 0.3 is 0 Å². The number of benzene rings is 2. The van der Waals surface area contributed by atoms with Gasteiger partial charge < -0.3 is 10.3 Å². The summed E-state index contributed by atoms with van der Waals surface area (Å²) in [5.74, 6) is 1.48. The Morgan fingerprint density at radius 3 is 2.70 bits per heavy atom. The average Bonchev–Trinajstić information content (AvgIpc) is 3.09. The molecule has 4 nitrogen and oxygen atoms in total. The highest BCUT2D eigenvalue weighted by Crippen LogP contribution is 2.31. The van der Waals surface area contributed by atoms with Crippen molar-refractivity contribution in [2.24, 2.45) is 11.8 Å². The molecule has 1 aliphatic rings. The third kappa shape index (κ3) is 4.35. The summed E-state index contributed by atoms with van der Waals surface area (Å²) in [6.45, 7) is 0.384. The number of halogens is 1. The molecule has 1 saturated carbocycles. The smallest absolute Gasteiger partial charge is 0.223 e. The Morgan fingerprint density at radius 1 is 1.11 bits per heavy atom. The topological polar surface area (TPSA) is 57.8 Å². The molecule has 2 N–H and O–H groups in total. The zero-order valence-corrected chi connectivity index (χ0v) is 15.2. The first-order chi connectivity index (χ1) is 13.2. The number of amides is 1. The van der Waals surface area contributed by atoms with Gasteiger partial charge in [-0.15, -0.1) is 0 Å².